The fourth-order valence-corrected chi connectivity index (χ4v) is 4.73. The standard InChI is InChI=1S/C18H27N3O3S/c1-11(2)21(8-12(22)10-24-3)9-15-19-17(23)16-13-6-4-5-7-14(13)25-18(16)20-15/h11-12,22H,4-10H2,1-3H3,(H,19,20,23)/t12-/m1/s1. The van der Waals surface area contributed by atoms with E-state index in [2.05, 4.69) is 23.7 Å². The van der Waals surface area contributed by atoms with Gasteiger partial charge in [0, 0.05) is 24.6 Å². The van der Waals surface area contributed by atoms with Gasteiger partial charge in [-0.1, -0.05) is 0 Å². The number of nitrogens with one attached hydrogen (secondary N) is 1. The molecule has 0 aliphatic heterocycles. The highest BCUT2D eigenvalue weighted by atomic mass is 32.1. The van der Waals surface area contributed by atoms with Gasteiger partial charge in [0.15, 0.2) is 0 Å². The number of fused-ring (bicyclic) bond motifs is 3. The molecule has 0 bridgehead atoms. The highest BCUT2D eigenvalue weighted by Crippen LogP contribution is 2.33. The molecule has 0 radical (unpaired) electrons. The lowest BCUT2D eigenvalue weighted by Crippen LogP contribution is -2.39. The normalized spacial score (nSPS) is 15.9. The second-order valence-corrected chi connectivity index (χ2v) is 8.12. The van der Waals surface area contributed by atoms with Crippen LogP contribution >= 0.6 is 11.3 Å². The fourth-order valence-electron chi connectivity index (χ4n) is 3.45. The van der Waals surface area contributed by atoms with Crippen LogP contribution in [-0.2, 0) is 24.1 Å². The Kier molecular flexibility index (Phi) is 5.89. The van der Waals surface area contributed by atoms with Gasteiger partial charge < -0.3 is 14.8 Å². The van der Waals surface area contributed by atoms with E-state index in [1.54, 1.807) is 18.4 Å². The van der Waals surface area contributed by atoms with Crippen molar-refractivity contribution in [3.05, 3.63) is 26.6 Å². The van der Waals surface area contributed by atoms with E-state index in [0.29, 0.717) is 25.5 Å². The first-order chi connectivity index (χ1) is 12.0. The summed E-state index contributed by atoms with van der Waals surface area (Å²) in [5.74, 6) is 0.661. The Morgan fingerprint density at radius 2 is 2.12 bits per heavy atom. The molecule has 1 aliphatic rings. The molecule has 6 nitrogen and oxygen atoms in total. The highest BCUT2D eigenvalue weighted by molar-refractivity contribution is 7.18. The predicted molar refractivity (Wildman–Crippen MR) is 100 cm³/mol. The molecule has 2 N–H and O–H groups in total. The molecule has 138 valence electrons. The number of thiophene rings is 1. The second-order valence-electron chi connectivity index (χ2n) is 7.04. The Hall–Kier alpha value is -1.28. The van der Waals surface area contributed by atoms with Crippen LogP contribution in [0.1, 0.15) is 43.0 Å². The van der Waals surface area contributed by atoms with Crippen LogP contribution in [0.3, 0.4) is 0 Å². The summed E-state index contributed by atoms with van der Waals surface area (Å²) in [6.07, 6.45) is 3.84. The Balaban J connectivity index is 1.86. The molecule has 0 fully saturated rings. The molecular weight excluding hydrogens is 338 g/mol. The lowest BCUT2D eigenvalue weighted by Gasteiger charge is -2.27. The summed E-state index contributed by atoms with van der Waals surface area (Å²) in [5, 5.41) is 10.8. The SMILES string of the molecule is COC[C@H](O)CN(Cc1nc2sc3c(c2c(=O)[nH]1)CCCC3)C(C)C. The number of nitrogens with zero attached hydrogens (tertiary/aromatic N) is 2. The monoisotopic (exact) mass is 365 g/mol. The molecule has 0 saturated carbocycles. The molecule has 3 rings (SSSR count). The number of aromatic nitrogens is 2. The number of ether oxygens (including phenoxy) is 1. The molecular formula is C18H27N3O3S. The van der Waals surface area contributed by atoms with E-state index in [0.717, 1.165) is 29.5 Å². The van der Waals surface area contributed by atoms with Gasteiger partial charge in [-0.15, -0.1) is 11.3 Å². The maximum Gasteiger partial charge on any atom is 0.259 e. The van der Waals surface area contributed by atoms with Crippen LogP contribution in [0.2, 0.25) is 0 Å². The van der Waals surface area contributed by atoms with Crippen LogP contribution in [0.4, 0.5) is 0 Å². The number of hydrogen-bond donors (Lipinski definition) is 2. The number of rotatable bonds is 7. The summed E-state index contributed by atoms with van der Waals surface area (Å²) in [4.78, 5) is 24.6. The lowest BCUT2D eigenvalue weighted by molar-refractivity contribution is 0.0272. The lowest BCUT2D eigenvalue weighted by atomic mass is 9.97. The van der Waals surface area contributed by atoms with Gasteiger partial charge in [-0.3, -0.25) is 9.69 Å². The van der Waals surface area contributed by atoms with Crippen LogP contribution in [0.5, 0.6) is 0 Å². The molecule has 1 aliphatic carbocycles. The number of H-pyrrole nitrogens is 1. The fraction of sp³-hybridized carbons (Fsp3) is 0.667. The predicted octanol–water partition coefficient (Wildman–Crippen LogP) is 2.08. The van der Waals surface area contributed by atoms with E-state index in [1.165, 1.54) is 16.9 Å². The molecule has 0 amide bonds. The van der Waals surface area contributed by atoms with Crippen LogP contribution < -0.4 is 5.56 Å². The average Bonchev–Trinajstić information content (AvgIpc) is 2.93. The van der Waals surface area contributed by atoms with Gasteiger partial charge >= 0.3 is 0 Å². The van der Waals surface area contributed by atoms with Gasteiger partial charge in [-0.2, -0.15) is 0 Å². The Morgan fingerprint density at radius 3 is 2.84 bits per heavy atom. The molecule has 7 heteroatoms. The van der Waals surface area contributed by atoms with Gasteiger partial charge in [0.2, 0.25) is 0 Å². The van der Waals surface area contributed by atoms with E-state index in [-0.39, 0.29) is 11.6 Å². The van der Waals surface area contributed by atoms with Crippen molar-refractivity contribution in [3.8, 4) is 0 Å². The van der Waals surface area contributed by atoms with Crippen molar-refractivity contribution >= 4 is 21.6 Å². The first kappa shape index (κ1) is 18.5. The molecule has 0 aromatic carbocycles. The summed E-state index contributed by atoms with van der Waals surface area (Å²) >= 11 is 1.67. The van der Waals surface area contributed by atoms with Gasteiger partial charge in [-0.05, 0) is 45.1 Å². The molecule has 2 aromatic rings. The van der Waals surface area contributed by atoms with Crippen molar-refractivity contribution in [2.75, 3.05) is 20.3 Å². The smallest absolute Gasteiger partial charge is 0.259 e. The molecule has 0 saturated heterocycles. The molecule has 2 aromatic heterocycles. The van der Waals surface area contributed by atoms with E-state index in [9.17, 15) is 9.90 Å². The number of aliphatic hydroxyl groups is 1. The van der Waals surface area contributed by atoms with Crippen molar-refractivity contribution in [2.24, 2.45) is 0 Å². The van der Waals surface area contributed by atoms with E-state index >= 15 is 0 Å². The van der Waals surface area contributed by atoms with Crippen molar-refractivity contribution in [3.63, 3.8) is 0 Å². The van der Waals surface area contributed by atoms with Crippen LogP contribution in [0.15, 0.2) is 4.79 Å². The van der Waals surface area contributed by atoms with E-state index in [4.69, 9.17) is 9.72 Å². The minimum Gasteiger partial charge on any atom is -0.389 e. The van der Waals surface area contributed by atoms with E-state index in [1.807, 2.05) is 0 Å². The van der Waals surface area contributed by atoms with Gasteiger partial charge in [0.1, 0.15) is 10.7 Å². The van der Waals surface area contributed by atoms with E-state index < -0.39 is 6.10 Å². The number of aryl methyl sites for hydroxylation is 2. The molecule has 0 unspecified atom stereocenters. The van der Waals surface area contributed by atoms with Crippen LogP contribution in [-0.4, -0.2) is 52.4 Å². The second kappa shape index (κ2) is 7.95. The van der Waals surface area contributed by atoms with Crippen LogP contribution in [0, 0.1) is 0 Å². The zero-order chi connectivity index (χ0) is 18.0. The van der Waals surface area contributed by atoms with Crippen molar-refractivity contribution in [1.82, 2.24) is 14.9 Å². The van der Waals surface area contributed by atoms with Gasteiger partial charge in [-0.25, -0.2) is 4.98 Å². The van der Waals surface area contributed by atoms with Crippen molar-refractivity contribution in [2.45, 2.75) is 58.2 Å². The molecule has 1 atom stereocenters. The maximum absolute atomic E-state index is 12.6. The first-order valence-electron chi connectivity index (χ1n) is 8.94. The van der Waals surface area contributed by atoms with Gasteiger partial charge in [0.05, 0.1) is 24.6 Å². The van der Waals surface area contributed by atoms with Crippen molar-refractivity contribution in [1.29, 1.82) is 0 Å². The summed E-state index contributed by atoms with van der Waals surface area (Å²) in [6, 6.07) is 0.226. The quantitative estimate of drug-likeness (QED) is 0.785. The Labute approximate surface area is 151 Å². The third-order valence-corrected chi connectivity index (χ3v) is 5.95. The van der Waals surface area contributed by atoms with Gasteiger partial charge in [0.25, 0.3) is 5.56 Å². The number of aromatic amines is 1. The minimum absolute atomic E-state index is 0.0273. The highest BCUT2D eigenvalue weighted by Gasteiger charge is 2.21. The maximum atomic E-state index is 12.6. The summed E-state index contributed by atoms with van der Waals surface area (Å²) < 4.78 is 5.01. The first-order valence-corrected chi connectivity index (χ1v) is 9.75. The Bertz CT molecular complexity index is 784. The molecule has 2 heterocycles. The summed E-state index contributed by atoms with van der Waals surface area (Å²) in [6.45, 7) is 5.42. The molecule has 25 heavy (non-hydrogen) atoms. The third kappa shape index (κ3) is 4.11. The third-order valence-electron chi connectivity index (χ3n) is 4.76. The van der Waals surface area contributed by atoms with Crippen molar-refractivity contribution < 1.29 is 9.84 Å². The summed E-state index contributed by atoms with van der Waals surface area (Å²) in [7, 11) is 1.58. The zero-order valence-electron chi connectivity index (χ0n) is 15.2. The van der Waals surface area contributed by atoms with Crippen LogP contribution in [0.25, 0.3) is 10.2 Å². The Morgan fingerprint density at radius 1 is 1.36 bits per heavy atom. The summed E-state index contributed by atoms with van der Waals surface area (Å²) in [5.41, 5.74) is 1.18. The average molecular weight is 365 g/mol. The number of methoxy groups -OCH3 is 1. The molecule has 0 spiro atoms. The number of aliphatic hydroxyl groups excluding tert-OH is 1. The minimum atomic E-state index is -0.558. The largest absolute Gasteiger partial charge is 0.389 e. The number of hydrogen-bond acceptors (Lipinski definition) is 6. The zero-order valence-corrected chi connectivity index (χ0v) is 16.0. The topological polar surface area (TPSA) is 78.5 Å².